The van der Waals surface area contributed by atoms with Crippen LogP contribution in [-0.4, -0.2) is 6.71 Å². The van der Waals surface area contributed by atoms with Gasteiger partial charge in [-0.25, -0.2) is 0 Å². The molecular formula is C82H90BN3O2. The van der Waals surface area contributed by atoms with E-state index in [1.165, 1.54) is 66.8 Å². The molecule has 0 radical (unpaired) electrons. The number of fused-ring (bicyclic) bond motifs is 12. The van der Waals surface area contributed by atoms with Crippen LogP contribution in [0.25, 0.3) is 32.9 Å². The fourth-order valence-corrected chi connectivity index (χ4v) is 16.6. The van der Waals surface area contributed by atoms with Gasteiger partial charge in [0.2, 0.25) is 0 Å². The molecule has 0 fully saturated rings. The van der Waals surface area contributed by atoms with Crippen LogP contribution in [-0.2, 0) is 43.3 Å². The molecule has 0 saturated heterocycles. The van der Waals surface area contributed by atoms with Gasteiger partial charge < -0.3 is 23.5 Å². The van der Waals surface area contributed by atoms with E-state index in [9.17, 15) is 0 Å². The molecule has 0 unspecified atom stereocenters. The fraction of sp³-hybridized carbons (Fsp3) is 0.390. The first kappa shape index (κ1) is 57.0. The standard InChI is InChI=1S/C82H90BN3O2/c1-75(2,3)49-26-30-51(31-27-49)84(52-32-28-50(29-33-52)76(4,5)6)54-43-66-72-67(44-54)86(64-23-21-25-69-71(64)55-22-19-20-24-68(55)87-69)73-56-45-59-62(82(17,18)41-38-79(59,11)12)48-70(56)88-74(73)83(72)63-46-60-61(81(15,16)40-39-80(60,13)14)47-65(63)85(66)53-34-35-57-58(42-53)78(9,10)37-36-77(57,7)8/h19-35,42-48H,36-41H2,1-18H3. The highest BCUT2D eigenvalue weighted by Gasteiger charge is 2.51. The van der Waals surface area contributed by atoms with E-state index >= 15 is 0 Å². The van der Waals surface area contributed by atoms with E-state index < -0.39 is 0 Å². The Bertz CT molecular complexity index is 4490. The molecule has 88 heavy (non-hydrogen) atoms. The van der Waals surface area contributed by atoms with Crippen molar-refractivity contribution in [1.82, 2.24) is 0 Å². The van der Waals surface area contributed by atoms with Crippen molar-refractivity contribution in [2.75, 3.05) is 14.7 Å². The minimum atomic E-state index is -0.257. The van der Waals surface area contributed by atoms with E-state index in [2.05, 4.69) is 285 Å². The molecule has 8 aromatic carbocycles. The zero-order valence-electron chi connectivity index (χ0n) is 55.8. The van der Waals surface area contributed by atoms with Crippen molar-refractivity contribution in [2.24, 2.45) is 0 Å². The smallest absolute Gasteiger partial charge is 0.297 e. The van der Waals surface area contributed by atoms with Gasteiger partial charge in [0, 0.05) is 44.9 Å². The highest BCUT2D eigenvalue weighted by Crippen LogP contribution is 2.57. The highest BCUT2D eigenvalue weighted by atomic mass is 16.3. The van der Waals surface area contributed by atoms with Crippen molar-refractivity contribution in [3.05, 3.63) is 190 Å². The van der Waals surface area contributed by atoms with Gasteiger partial charge in [0.1, 0.15) is 16.7 Å². The molecule has 448 valence electrons. The molecule has 10 aromatic rings. The van der Waals surface area contributed by atoms with Crippen LogP contribution in [0, 0.1) is 0 Å². The van der Waals surface area contributed by atoms with Gasteiger partial charge in [0.05, 0.1) is 28.1 Å². The molecule has 4 heterocycles. The Morgan fingerprint density at radius 2 is 0.875 bits per heavy atom. The monoisotopic (exact) mass is 1160 g/mol. The van der Waals surface area contributed by atoms with Crippen LogP contribution in [0.15, 0.2) is 154 Å². The predicted molar refractivity (Wildman–Crippen MR) is 375 cm³/mol. The van der Waals surface area contributed by atoms with Crippen molar-refractivity contribution in [1.29, 1.82) is 0 Å². The number of para-hydroxylation sites is 1. The van der Waals surface area contributed by atoms with Crippen molar-refractivity contribution in [3.63, 3.8) is 0 Å². The van der Waals surface area contributed by atoms with E-state index in [1.54, 1.807) is 0 Å². The molecule has 0 saturated carbocycles. The lowest BCUT2D eigenvalue weighted by molar-refractivity contribution is 0.332. The summed E-state index contributed by atoms with van der Waals surface area (Å²) in [5.74, 6) is 0. The van der Waals surface area contributed by atoms with Gasteiger partial charge in [0.25, 0.3) is 6.71 Å². The van der Waals surface area contributed by atoms with Crippen LogP contribution >= 0.6 is 0 Å². The first-order valence-corrected chi connectivity index (χ1v) is 33.0. The molecule has 0 bridgehead atoms. The Labute approximate surface area is 524 Å². The molecule has 5 nitrogen and oxygen atoms in total. The zero-order valence-corrected chi connectivity index (χ0v) is 55.8. The van der Waals surface area contributed by atoms with E-state index in [-0.39, 0.29) is 50.0 Å². The highest BCUT2D eigenvalue weighted by molar-refractivity contribution is 7.00. The predicted octanol–water partition coefficient (Wildman–Crippen LogP) is 21.5. The third kappa shape index (κ3) is 8.52. The summed E-state index contributed by atoms with van der Waals surface area (Å²) in [6.07, 6.45) is 6.75. The average molecular weight is 1160 g/mol. The maximum atomic E-state index is 7.96. The van der Waals surface area contributed by atoms with E-state index in [1.807, 2.05) is 0 Å². The molecule has 5 aliphatic rings. The van der Waals surface area contributed by atoms with Gasteiger partial charge in [-0.15, -0.1) is 0 Å². The second kappa shape index (κ2) is 18.6. The van der Waals surface area contributed by atoms with Crippen molar-refractivity contribution in [2.45, 2.75) is 206 Å². The van der Waals surface area contributed by atoms with Crippen LogP contribution in [0.1, 0.15) is 208 Å². The number of anilines is 9. The van der Waals surface area contributed by atoms with Crippen molar-refractivity contribution < 1.29 is 8.83 Å². The summed E-state index contributed by atoms with van der Waals surface area (Å²) in [5, 5.41) is 3.34. The number of furan rings is 2. The molecular weight excluding hydrogens is 1070 g/mol. The quantitative estimate of drug-likeness (QED) is 0.161. The number of hydrogen-bond acceptors (Lipinski definition) is 5. The Hall–Kier alpha value is -7.44. The Kier molecular flexibility index (Phi) is 12.0. The molecule has 2 aromatic heterocycles. The van der Waals surface area contributed by atoms with Gasteiger partial charge in [-0.1, -0.05) is 185 Å². The number of nitrogens with zero attached hydrogens (tertiary/aromatic N) is 3. The second-order valence-electron chi connectivity index (χ2n) is 33.4. The zero-order chi connectivity index (χ0) is 61.9. The Morgan fingerprint density at radius 1 is 0.386 bits per heavy atom. The molecule has 3 aliphatic carbocycles. The second-order valence-corrected chi connectivity index (χ2v) is 33.4. The van der Waals surface area contributed by atoms with Gasteiger partial charge >= 0.3 is 0 Å². The summed E-state index contributed by atoms with van der Waals surface area (Å²) < 4.78 is 14.9. The third-order valence-corrected chi connectivity index (χ3v) is 22.5. The maximum absolute atomic E-state index is 7.96. The van der Waals surface area contributed by atoms with Crippen LogP contribution in [0.2, 0.25) is 0 Å². The molecule has 0 spiro atoms. The fourth-order valence-electron chi connectivity index (χ4n) is 16.6. The minimum Gasteiger partial charge on any atom is -0.468 e. The first-order valence-electron chi connectivity index (χ1n) is 33.0. The Morgan fingerprint density at radius 3 is 1.44 bits per heavy atom. The van der Waals surface area contributed by atoms with Crippen molar-refractivity contribution >= 4 is 107 Å². The normalized spacial score (nSPS) is 19.0. The van der Waals surface area contributed by atoms with E-state index in [0.29, 0.717) is 0 Å². The van der Waals surface area contributed by atoms with E-state index in [4.69, 9.17) is 8.83 Å². The maximum Gasteiger partial charge on any atom is 0.297 e. The lowest BCUT2D eigenvalue weighted by Gasteiger charge is -2.47. The molecule has 6 heteroatoms. The minimum absolute atomic E-state index is 0.0191. The average Bonchev–Trinajstić information content (AvgIpc) is 1.27. The van der Waals surface area contributed by atoms with Crippen LogP contribution in [0.4, 0.5) is 51.2 Å². The lowest BCUT2D eigenvalue weighted by atomic mass is 9.35. The molecule has 15 rings (SSSR count). The Balaban J connectivity index is 1.13. The van der Waals surface area contributed by atoms with Crippen LogP contribution in [0.3, 0.4) is 0 Å². The summed E-state index contributed by atoms with van der Waals surface area (Å²) in [6.45, 7) is 43.2. The van der Waals surface area contributed by atoms with E-state index in [0.717, 1.165) is 117 Å². The summed E-state index contributed by atoms with van der Waals surface area (Å²) in [5.41, 5.74) is 27.5. The lowest BCUT2D eigenvalue weighted by Crippen LogP contribution is -2.61. The summed E-state index contributed by atoms with van der Waals surface area (Å²) in [7, 11) is 0. The van der Waals surface area contributed by atoms with Gasteiger partial charge in [-0.05, 0) is 222 Å². The molecule has 0 N–H and O–H groups in total. The summed E-state index contributed by atoms with van der Waals surface area (Å²) in [6, 6.07) is 57.1. The number of hydrogen-bond donors (Lipinski definition) is 0. The number of benzene rings is 8. The van der Waals surface area contributed by atoms with Gasteiger partial charge in [0.15, 0.2) is 0 Å². The first-order chi connectivity index (χ1) is 41.3. The summed E-state index contributed by atoms with van der Waals surface area (Å²) in [4.78, 5) is 7.87. The van der Waals surface area contributed by atoms with Gasteiger partial charge in [-0.2, -0.15) is 0 Å². The topological polar surface area (TPSA) is 36.0 Å². The number of rotatable bonds is 5. The van der Waals surface area contributed by atoms with Crippen molar-refractivity contribution in [3.8, 4) is 0 Å². The molecule has 0 atom stereocenters. The van der Waals surface area contributed by atoms with Gasteiger partial charge in [-0.3, -0.25) is 0 Å². The largest absolute Gasteiger partial charge is 0.468 e. The third-order valence-electron chi connectivity index (χ3n) is 22.5. The molecule has 0 amide bonds. The van der Waals surface area contributed by atoms with Crippen LogP contribution in [0.5, 0.6) is 0 Å². The molecule has 2 aliphatic heterocycles. The summed E-state index contributed by atoms with van der Waals surface area (Å²) >= 11 is 0. The van der Waals surface area contributed by atoms with Crippen LogP contribution < -0.4 is 31.3 Å². The SMILES string of the molecule is CC(C)(C)c1ccc(N(c2ccc(C(C)(C)C)cc2)c2cc3c4c(c2)N(c2cccc5oc6ccccc6c25)c2c(oc5cc6c(cc25)C(C)(C)CCC6(C)C)B4c2cc4c(cc2N3c2ccc3c(c2)C(C)(C)CCC3(C)C)C(C)(C)CCC4(C)C)cc1.